The number of hydrogen-bond acceptors (Lipinski definition) is 3. The van der Waals surface area contributed by atoms with Gasteiger partial charge in [-0.3, -0.25) is 0 Å². The molecule has 1 aromatic rings. The molecule has 0 aliphatic carbocycles. The number of benzene rings is 1. The minimum atomic E-state index is -3.62. The van der Waals surface area contributed by atoms with Crippen LogP contribution >= 0.6 is 10.7 Å². The van der Waals surface area contributed by atoms with Gasteiger partial charge in [-0.05, 0) is 6.42 Å². The monoisotopic (exact) mass is 312 g/mol. The summed E-state index contributed by atoms with van der Waals surface area (Å²) in [5.41, 5.74) is 0. The zero-order chi connectivity index (χ0) is 14.5. The van der Waals surface area contributed by atoms with Gasteiger partial charge in [0.25, 0.3) is 0 Å². The van der Waals surface area contributed by atoms with Crippen molar-refractivity contribution in [2.45, 2.75) is 19.8 Å². The molecule has 0 saturated heterocycles. The van der Waals surface area contributed by atoms with Crippen LogP contribution in [0.2, 0.25) is 0 Å². The molecule has 1 atom stereocenters. The van der Waals surface area contributed by atoms with Crippen molar-refractivity contribution in [2.75, 3.05) is 12.4 Å². The molecule has 0 N–H and O–H groups in total. The summed E-state index contributed by atoms with van der Waals surface area (Å²) in [4.78, 5) is 0. The fourth-order valence-electron chi connectivity index (χ4n) is 1.73. The molecule has 1 unspecified atom stereocenters. The predicted octanol–water partition coefficient (Wildman–Crippen LogP) is 3.33. The Morgan fingerprint density at radius 3 is 2.32 bits per heavy atom. The SMILES string of the molecule is CCCC(COc1cc(F)cc(F)c1)CS(=O)(=O)Cl. The van der Waals surface area contributed by atoms with E-state index in [4.69, 9.17) is 15.4 Å². The summed E-state index contributed by atoms with van der Waals surface area (Å²) in [6.45, 7) is 1.94. The molecule has 0 bridgehead atoms. The third kappa shape index (κ3) is 6.73. The maximum atomic E-state index is 12.9. The van der Waals surface area contributed by atoms with Crippen molar-refractivity contribution in [1.29, 1.82) is 0 Å². The molecule has 0 radical (unpaired) electrons. The Bertz CT molecular complexity index is 499. The van der Waals surface area contributed by atoms with Gasteiger partial charge in [-0.15, -0.1) is 0 Å². The highest BCUT2D eigenvalue weighted by Crippen LogP contribution is 2.18. The van der Waals surface area contributed by atoms with Gasteiger partial charge in [-0.25, -0.2) is 17.2 Å². The van der Waals surface area contributed by atoms with Gasteiger partial charge < -0.3 is 4.74 Å². The molecule has 108 valence electrons. The van der Waals surface area contributed by atoms with Crippen molar-refractivity contribution < 1.29 is 21.9 Å². The molecule has 0 fully saturated rings. The van der Waals surface area contributed by atoms with Crippen LogP contribution in [0, 0.1) is 17.6 Å². The van der Waals surface area contributed by atoms with Gasteiger partial charge in [0, 0.05) is 34.8 Å². The zero-order valence-corrected chi connectivity index (χ0v) is 12.0. The molecule has 0 aliphatic heterocycles. The van der Waals surface area contributed by atoms with E-state index in [2.05, 4.69) is 0 Å². The first-order chi connectivity index (χ1) is 8.80. The maximum absolute atomic E-state index is 12.9. The summed E-state index contributed by atoms with van der Waals surface area (Å²) in [6, 6.07) is 2.82. The van der Waals surface area contributed by atoms with E-state index in [0.29, 0.717) is 6.42 Å². The Hall–Kier alpha value is -0.880. The van der Waals surface area contributed by atoms with Gasteiger partial charge in [0.15, 0.2) is 0 Å². The fraction of sp³-hybridized carbons (Fsp3) is 0.500. The summed E-state index contributed by atoms with van der Waals surface area (Å²) < 4.78 is 53.1. The van der Waals surface area contributed by atoms with Crippen LogP contribution in [-0.2, 0) is 9.05 Å². The lowest BCUT2D eigenvalue weighted by molar-refractivity contribution is 0.251. The van der Waals surface area contributed by atoms with Crippen LogP contribution in [0.25, 0.3) is 0 Å². The lowest BCUT2D eigenvalue weighted by Crippen LogP contribution is -2.19. The topological polar surface area (TPSA) is 43.4 Å². The molecule has 0 saturated carbocycles. The van der Waals surface area contributed by atoms with E-state index >= 15 is 0 Å². The first-order valence-corrected chi connectivity index (χ1v) is 8.29. The van der Waals surface area contributed by atoms with E-state index in [0.717, 1.165) is 24.6 Å². The second kappa shape index (κ2) is 7.05. The van der Waals surface area contributed by atoms with Crippen molar-refractivity contribution in [2.24, 2.45) is 5.92 Å². The van der Waals surface area contributed by atoms with E-state index in [1.165, 1.54) is 0 Å². The number of hydrogen-bond donors (Lipinski definition) is 0. The third-order valence-electron chi connectivity index (χ3n) is 2.45. The largest absolute Gasteiger partial charge is 0.493 e. The second-order valence-electron chi connectivity index (χ2n) is 4.28. The Morgan fingerprint density at radius 2 is 1.84 bits per heavy atom. The van der Waals surface area contributed by atoms with E-state index < -0.39 is 20.7 Å². The number of halogens is 3. The van der Waals surface area contributed by atoms with Gasteiger partial charge >= 0.3 is 0 Å². The Balaban J connectivity index is 2.65. The average Bonchev–Trinajstić information content (AvgIpc) is 2.23. The van der Waals surface area contributed by atoms with Crippen LogP contribution in [0.1, 0.15) is 19.8 Å². The third-order valence-corrected chi connectivity index (χ3v) is 3.70. The van der Waals surface area contributed by atoms with Gasteiger partial charge in [-0.1, -0.05) is 13.3 Å². The first-order valence-electron chi connectivity index (χ1n) is 5.81. The standard InChI is InChI=1S/C12H15ClF2O3S/c1-2-3-9(8-19(13,16)17)7-18-12-5-10(14)4-11(15)6-12/h4-6,9H,2-3,7-8H2,1H3. The molecule has 0 aromatic heterocycles. The van der Waals surface area contributed by atoms with E-state index in [1.807, 2.05) is 6.92 Å². The lowest BCUT2D eigenvalue weighted by Gasteiger charge is -2.15. The average molecular weight is 313 g/mol. The molecule has 7 heteroatoms. The fourth-order valence-corrected chi connectivity index (χ4v) is 3.09. The van der Waals surface area contributed by atoms with Gasteiger partial charge in [0.1, 0.15) is 17.4 Å². The molecular formula is C12H15ClF2O3S. The van der Waals surface area contributed by atoms with Crippen molar-refractivity contribution in [3.8, 4) is 5.75 Å². The molecule has 19 heavy (non-hydrogen) atoms. The van der Waals surface area contributed by atoms with Crippen molar-refractivity contribution in [1.82, 2.24) is 0 Å². The van der Waals surface area contributed by atoms with Crippen LogP contribution in [0.3, 0.4) is 0 Å². The molecule has 0 heterocycles. The molecule has 3 nitrogen and oxygen atoms in total. The van der Waals surface area contributed by atoms with E-state index in [1.54, 1.807) is 0 Å². The Morgan fingerprint density at radius 1 is 1.26 bits per heavy atom. The summed E-state index contributed by atoms with van der Waals surface area (Å²) >= 11 is 0. The quantitative estimate of drug-likeness (QED) is 0.725. The van der Waals surface area contributed by atoms with Crippen LogP contribution in [0.15, 0.2) is 18.2 Å². The highest BCUT2D eigenvalue weighted by Gasteiger charge is 2.17. The van der Waals surface area contributed by atoms with Crippen molar-refractivity contribution in [3.05, 3.63) is 29.8 Å². The molecule has 0 aliphatic rings. The normalized spacial score (nSPS) is 13.3. The summed E-state index contributed by atoms with van der Waals surface area (Å²) in [6.07, 6.45) is 1.36. The summed E-state index contributed by atoms with van der Waals surface area (Å²) in [7, 11) is 1.57. The zero-order valence-electron chi connectivity index (χ0n) is 10.4. The van der Waals surface area contributed by atoms with Gasteiger partial charge in [-0.2, -0.15) is 0 Å². The van der Waals surface area contributed by atoms with E-state index in [9.17, 15) is 17.2 Å². The van der Waals surface area contributed by atoms with Gasteiger partial charge in [0.05, 0.1) is 12.4 Å². The number of rotatable bonds is 7. The smallest absolute Gasteiger partial charge is 0.232 e. The highest BCUT2D eigenvalue weighted by molar-refractivity contribution is 8.13. The lowest BCUT2D eigenvalue weighted by atomic mass is 10.1. The van der Waals surface area contributed by atoms with E-state index in [-0.39, 0.29) is 24.0 Å². The van der Waals surface area contributed by atoms with Crippen LogP contribution in [-0.4, -0.2) is 20.8 Å². The molecule has 0 spiro atoms. The molecule has 1 aromatic carbocycles. The Labute approximate surface area is 115 Å². The van der Waals surface area contributed by atoms with Crippen LogP contribution < -0.4 is 4.74 Å². The molecular weight excluding hydrogens is 298 g/mol. The minimum Gasteiger partial charge on any atom is -0.493 e. The predicted molar refractivity (Wildman–Crippen MR) is 69.9 cm³/mol. The highest BCUT2D eigenvalue weighted by atomic mass is 35.7. The van der Waals surface area contributed by atoms with Crippen LogP contribution in [0.5, 0.6) is 5.75 Å². The Kier molecular flexibility index (Phi) is 6.00. The second-order valence-corrected chi connectivity index (χ2v) is 7.10. The first kappa shape index (κ1) is 16.2. The van der Waals surface area contributed by atoms with Gasteiger partial charge in [0.2, 0.25) is 9.05 Å². The summed E-state index contributed by atoms with van der Waals surface area (Å²) in [5.74, 6) is -1.98. The van der Waals surface area contributed by atoms with Crippen molar-refractivity contribution >= 4 is 19.7 Å². The summed E-state index contributed by atoms with van der Waals surface area (Å²) in [5, 5.41) is 0. The number of ether oxygens (including phenoxy) is 1. The minimum absolute atomic E-state index is 0.0329. The van der Waals surface area contributed by atoms with Crippen LogP contribution in [0.4, 0.5) is 8.78 Å². The molecule has 1 rings (SSSR count). The maximum Gasteiger partial charge on any atom is 0.232 e. The molecule has 0 amide bonds. The van der Waals surface area contributed by atoms with Crippen molar-refractivity contribution in [3.63, 3.8) is 0 Å².